The zero-order chi connectivity index (χ0) is 17.8. The predicted octanol–water partition coefficient (Wildman–Crippen LogP) is 1.96. The molecule has 0 saturated carbocycles. The molecule has 0 aliphatic carbocycles. The first-order valence-electron chi connectivity index (χ1n) is 8.80. The molecule has 3 aromatic rings. The number of aromatic nitrogens is 3. The van der Waals surface area contributed by atoms with E-state index in [0.717, 1.165) is 42.8 Å². The lowest BCUT2D eigenvalue weighted by atomic mass is 9.93. The fourth-order valence-corrected chi connectivity index (χ4v) is 3.24. The number of pyridine rings is 1. The third kappa shape index (κ3) is 3.33. The summed E-state index contributed by atoms with van der Waals surface area (Å²) >= 11 is 0. The molecule has 1 unspecified atom stereocenters. The summed E-state index contributed by atoms with van der Waals surface area (Å²) in [6, 6.07) is 14.1. The molecule has 134 valence electrons. The van der Waals surface area contributed by atoms with E-state index in [9.17, 15) is 0 Å². The lowest BCUT2D eigenvalue weighted by Gasteiger charge is -2.26. The molecule has 1 aliphatic heterocycles. The molecular weight excluding hydrogens is 328 g/mol. The first-order valence-corrected chi connectivity index (χ1v) is 8.80. The number of guanidine groups is 1. The molecule has 7 heteroatoms. The number of ether oxygens (including phenoxy) is 1. The van der Waals surface area contributed by atoms with Crippen LogP contribution in [0.5, 0.6) is 5.75 Å². The average molecular weight is 350 g/mol. The number of hydrogen-bond donors (Lipinski definition) is 2. The van der Waals surface area contributed by atoms with E-state index in [0.29, 0.717) is 12.5 Å². The van der Waals surface area contributed by atoms with E-state index in [1.807, 2.05) is 40.9 Å². The molecule has 0 bridgehead atoms. The first kappa shape index (κ1) is 16.4. The van der Waals surface area contributed by atoms with E-state index in [1.54, 1.807) is 7.05 Å². The van der Waals surface area contributed by atoms with Crippen LogP contribution in [0.15, 0.2) is 53.7 Å². The van der Waals surface area contributed by atoms with Crippen LogP contribution in [0.2, 0.25) is 0 Å². The predicted molar refractivity (Wildman–Crippen MR) is 100 cm³/mol. The van der Waals surface area contributed by atoms with Crippen molar-refractivity contribution in [2.45, 2.75) is 18.9 Å². The molecule has 26 heavy (non-hydrogen) atoms. The van der Waals surface area contributed by atoms with Crippen molar-refractivity contribution in [2.24, 2.45) is 4.99 Å². The second-order valence-corrected chi connectivity index (χ2v) is 6.22. The molecule has 0 spiro atoms. The quantitative estimate of drug-likeness (QED) is 0.556. The summed E-state index contributed by atoms with van der Waals surface area (Å²) < 4.78 is 7.70. The van der Waals surface area contributed by atoms with E-state index < -0.39 is 0 Å². The van der Waals surface area contributed by atoms with Crippen LogP contribution in [0.1, 0.15) is 23.7 Å². The zero-order valence-corrected chi connectivity index (χ0v) is 14.7. The largest absolute Gasteiger partial charge is 0.493 e. The van der Waals surface area contributed by atoms with Crippen molar-refractivity contribution in [2.75, 3.05) is 20.2 Å². The number of benzene rings is 1. The Labute approximate surface area is 152 Å². The maximum Gasteiger partial charge on any atom is 0.191 e. The summed E-state index contributed by atoms with van der Waals surface area (Å²) in [7, 11) is 1.77. The van der Waals surface area contributed by atoms with Crippen molar-refractivity contribution in [1.29, 1.82) is 0 Å². The van der Waals surface area contributed by atoms with Gasteiger partial charge in [0.05, 0.1) is 13.2 Å². The minimum Gasteiger partial charge on any atom is -0.493 e. The molecule has 3 heterocycles. The van der Waals surface area contributed by atoms with E-state index in [2.05, 4.69) is 38.0 Å². The van der Waals surface area contributed by atoms with E-state index in [4.69, 9.17) is 4.74 Å². The Morgan fingerprint density at radius 2 is 2.08 bits per heavy atom. The SMILES string of the molecule is CN=C(NCc1nnc2ccccn12)NCC1CCOc2ccccc21. The zero-order valence-electron chi connectivity index (χ0n) is 14.7. The van der Waals surface area contributed by atoms with Gasteiger partial charge in [-0.25, -0.2) is 0 Å². The van der Waals surface area contributed by atoms with Crippen LogP contribution < -0.4 is 15.4 Å². The van der Waals surface area contributed by atoms with Crippen molar-refractivity contribution in [3.8, 4) is 5.75 Å². The molecule has 1 aromatic carbocycles. The van der Waals surface area contributed by atoms with Crippen molar-refractivity contribution >= 4 is 11.6 Å². The second kappa shape index (κ2) is 7.43. The van der Waals surface area contributed by atoms with E-state index in [1.165, 1.54) is 5.56 Å². The Morgan fingerprint density at radius 1 is 1.19 bits per heavy atom. The standard InChI is InChI=1S/C19H22N6O/c1-20-19(22-13-18-24-23-17-8-4-5-10-25(17)18)21-12-14-9-11-26-16-7-3-2-6-15(14)16/h2-8,10,14H,9,11-13H2,1H3,(H2,20,21,22). The lowest BCUT2D eigenvalue weighted by molar-refractivity contribution is 0.267. The molecule has 0 amide bonds. The summed E-state index contributed by atoms with van der Waals surface area (Å²) in [5.41, 5.74) is 2.09. The Balaban J connectivity index is 1.37. The number of hydrogen-bond acceptors (Lipinski definition) is 4. The van der Waals surface area contributed by atoms with Crippen LogP contribution in [0.4, 0.5) is 0 Å². The van der Waals surface area contributed by atoms with Gasteiger partial charge in [0.1, 0.15) is 5.75 Å². The summed E-state index contributed by atoms with van der Waals surface area (Å²) in [6.45, 7) is 2.11. The van der Waals surface area contributed by atoms with Gasteiger partial charge >= 0.3 is 0 Å². The van der Waals surface area contributed by atoms with Gasteiger partial charge in [-0.15, -0.1) is 10.2 Å². The average Bonchev–Trinajstić information content (AvgIpc) is 3.11. The Hall–Kier alpha value is -3.09. The summed E-state index contributed by atoms with van der Waals surface area (Å²) in [4.78, 5) is 4.31. The van der Waals surface area contributed by atoms with Gasteiger partial charge in [-0.3, -0.25) is 9.39 Å². The lowest BCUT2D eigenvalue weighted by Crippen LogP contribution is -2.40. The second-order valence-electron chi connectivity index (χ2n) is 6.22. The van der Waals surface area contributed by atoms with Crippen LogP contribution in [0.3, 0.4) is 0 Å². The van der Waals surface area contributed by atoms with Gasteiger partial charge in [0.25, 0.3) is 0 Å². The van der Waals surface area contributed by atoms with E-state index in [-0.39, 0.29) is 0 Å². The van der Waals surface area contributed by atoms with Gasteiger partial charge < -0.3 is 15.4 Å². The normalized spacial score (nSPS) is 16.8. The van der Waals surface area contributed by atoms with E-state index >= 15 is 0 Å². The Morgan fingerprint density at radius 3 is 3.00 bits per heavy atom. The maximum absolute atomic E-state index is 5.73. The number of rotatable bonds is 4. The van der Waals surface area contributed by atoms with Crippen molar-refractivity contribution in [3.05, 3.63) is 60.0 Å². The number of aliphatic imine (C=N–C) groups is 1. The molecule has 0 radical (unpaired) electrons. The molecule has 1 aliphatic rings. The third-order valence-electron chi connectivity index (χ3n) is 4.62. The van der Waals surface area contributed by atoms with Gasteiger partial charge in [0.15, 0.2) is 17.4 Å². The molecule has 1 atom stereocenters. The highest BCUT2D eigenvalue weighted by atomic mass is 16.5. The minimum absolute atomic E-state index is 0.410. The van der Waals surface area contributed by atoms with Crippen molar-refractivity contribution in [3.63, 3.8) is 0 Å². The molecule has 2 aromatic heterocycles. The monoisotopic (exact) mass is 350 g/mol. The number of para-hydroxylation sites is 1. The van der Waals surface area contributed by atoms with Crippen molar-refractivity contribution in [1.82, 2.24) is 25.2 Å². The topological polar surface area (TPSA) is 75.8 Å². The molecule has 7 nitrogen and oxygen atoms in total. The number of nitrogens with one attached hydrogen (secondary N) is 2. The van der Waals surface area contributed by atoms with Gasteiger partial charge in [0.2, 0.25) is 0 Å². The summed E-state index contributed by atoms with van der Waals surface area (Å²) in [5.74, 6) is 3.00. The highest BCUT2D eigenvalue weighted by Gasteiger charge is 2.21. The van der Waals surface area contributed by atoms with Gasteiger partial charge in [-0.2, -0.15) is 0 Å². The minimum atomic E-state index is 0.410. The number of fused-ring (bicyclic) bond motifs is 2. The van der Waals surface area contributed by atoms with Crippen LogP contribution in [-0.2, 0) is 6.54 Å². The van der Waals surface area contributed by atoms with Gasteiger partial charge in [-0.05, 0) is 30.2 Å². The molecular formula is C19H22N6O. The smallest absolute Gasteiger partial charge is 0.191 e. The highest BCUT2D eigenvalue weighted by Crippen LogP contribution is 2.32. The fraction of sp³-hybridized carbons (Fsp3) is 0.316. The highest BCUT2D eigenvalue weighted by molar-refractivity contribution is 5.79. The molecule has 4 rings (SSSR count). The summed E-state index contributed by atoms with van der Waals surface area (Å²) in [6.07, 6.45) is 2.96. The van der Waals surface area contributed by atoms with Gasteiger partial charge in [0, 0.05) is 25.7 Å². The van der Waals surface area contributed by atoms with Crippen LogP contribution in [0, 0.1) is 0 Å². The van der Waals surface area contributed by atoms with Crippen molar-refractivity contribution < 1.29 is 4.74 Å². The molecule has 0 saturated heterocycles. The third-order valence-corrected chi connectivity index (χ3v) is 4.62. The van der Waals surface area contributed by atoms with Gasteiger partial charge in [-0.1, -0.05) is 24.3 Å². The molecule has 2 N–H and O–H groups in total. The number of nitrogens with zero attached hydrogens (tertiary/aromatic N) is 4. The van der Waals surface area contributed by atoms with Crippen LogP contribution in [0.25, 0.3) is 5.65 Å². The fourth-order valence-electron chi connectivity index (χ4n) is 3.24. The Bertz CT molecular complexity index is 919. The molecule has 0 fully saturated rings. The maximum atomic E-state index is 5.73. The van der Waals surface area contributed by atoms with Crippen LogP contribution in [-0.4, -0.2) is 40.8 Å². The van der Waals surface area contributed by atoms with Crippen LogP contribution >= 0.6 is 0 Å². The Kier molecular flexibility index (Phi) is 4.68. The first-order chi connectivity index (χ1) is 12.8. The summed E-state index contributed by atoms with van der Waals surface area (Å²) in [5, 5.41) is 15.1.